The van der Waals surface area contributed by atoms with E-state index in [0.29, 0.717) is 0 Å². The monoisotopic (exact) mass is 253 g/mol. The minimum absolute atomic E-state index is 0.343. The van der Waals surface area contributed by atoms with Crippen molar-refractivity contribution in [3.63, 3.8) is 0 Å². The van der Waals surface area contributed by atoms with E-state index in [2.05, 4.69) is 9.72 Å². The van der Waals surface area contributed by atoms with Crippen LogP contribution in [0.2, 0.25) is 0 Å². The fourth-order valence-electron chi connectivity index (χ4n) is 1.80. The van der Waals surface area contributed by atoms with Crippen LogP contribution in [0, 0.1) is 0 Å². The maximum Gasteiger partial charge on any atom is 0.330 e. The van der Waals surface area contributed by atoms with Gasteiger partial charge in [0, 0.05) is 24.0 Å². The maximum atomic E-state index is 11.2. The summed E-state index contributed by atoms with van der Waals surface area (Å²) >= 11 is 0. The second-order valence-electron chi connectivity index (χ2n) is 4.17. The van der Waals surface area contributed by atoms with Crippen LogP contribution in [-0.2, 0) is 9.53 Å². The fraction of sp³-hybridized carbons (Fsp3) is 0.125. The average molecular weight is 253 g/mol. The molecule has 0 saturated heterocycles. The lowest BCUT2D eigenvalue weighted by Gasteiger charge is -2.05. The zero-order valence-corrected chi connectivity index (χ0v) is 11.0. The van der Waals surface area contributed by atoms with Gasteiger partial charge < -0.3 is 4.74 Å². The van der Waals surface area contributed by atoms with Crippen molar-refractivity contribution in [3.8, 4) is 11.1 Å². The van der Waals surface area contributed by atoms with Crippen molar-refractivity contribution in [2.45, 2.75) is 6.92 Å². The molecule has 0 atom stereocenters. The molecule has 3 heteroatoms. The Kier molecular flexibility index (Phi) is 4.08. The first kappa shape index (κ1) is 13.0. The van der Waals surface area contributed by atoms with Crippen molar-refractivity contribution in [1.29, 1.82) is 0 Å². The molecule has 0 N–H and O–H groups in total. The molecule has 1 aromatic heterocycles. The lowest BCUT2D eigenvalue weighted by molar-refractivity contribution is -0.134. The summed E-state index contributed by atoms with van der Waals surface area (Å²) in [4.78, 5) is 15.4. The second-order valence-corrected chi connectivity index (χ2v) is 4.17. The van der Waals surface area contributed by atoms with Gasteiger partial charge in [-0.1, -0.05) is 24.3 Å². The number of pyridine rings is 1. The molecule has 1 aromatic carbocycles. The average Bonchev–Trinajstić information content (AvgIpc) is 2.48. The number of carbonyl (C=O) groups is 1. The van der Waals surface area contributed by atoms with E-state index in [1.165, 1.54) is 13.2 Å². The summed E-state index contributed by atoms with van der Waals surface area (Å²) in [6.07, 6.45) is 5.05. The minimum Gasteiger partial charge on any atom is -0.466 e. The van der Waals surface area contributed by atoms with Gasteiger partial charge in [-0.15, -0.1) is 0 Å². The Hall–Kier alpha value is -2.42. The van der Waals surface area contributed by atoms with Crippen molar-refractivity contribution >= 4 is 11.5 Å². The van der Waals surface area contributed by atoms with Gasteiger partial charge in [0.25, 0.3) is 0 Å². The van der Waals surface area contributed by atoms with Crippen molar-refractivity contribution in [2.24, 2.45) is 0 Å². The summed E-state index contributed by atoms with van der Waals surface area (Å²) in [5.41, 5.74) is 3.99. The third-order valence-corrected chi connectivity index (χ3v) is 2.85. The van der Waals surface area contributed by atoms with Gasteiger partial charge in [0.2, 0.25) is 0 Å². The Balaban J connectivity index is 2.35. The van der Waals surface area contributed by atoms with Crippen LogP contribution in [0.3, 0.4) is 0 Å². The van der Waals surface area contributed by atoms with Gasteiger partial charge in [0.05, 0.1) is 7.11 Å². The molecular formula is C16H15NO2. The minimum atomic E-state index is -0.343. The molecule has 0 radical (unpaired) electrons. The first-order valence-corrected chi connectivity index (χ1v) is 5.98. The number of ether oxygens (including phenoxy) is 1. The Bertz CT molecular complexity index is 603. The maximum absolute atomic E-state index is 11.2. The number of hydrogen-bond acceptors (Lipinski definition) is 3. The predicted molar refractivity (Wildman–Crippen MR) is 75.3 cm³/mol. The molecule has 0 unspecified atom stereocenters. The fourth-order valence-corrected chi connectivity index (χ4v) is 1.80. The molecule has 0 aliphatic heterocycles. The molecule has 0 spiro atoms. The number of methoxy groups -OCH3 is 1. The first-order chi connectivity index (χ1) is 9.20. The molecule has 0 amide bonds. The van der Waals surface area contributed by atoms with Crippen molar-refractivity contribution < 1.29 is 9.53 Å². The van der Waals surface area contributed by atoms with Crippen LogP contribution in [0.15, 0.2) is 54.9 Å². The molecule has 1 heterocycles. The number of rotatable bonds is 3. The Morgan fingerprint density at radius 3 is 2.68 bits per heavy atom. The van der Waals surface area contributed by atoms with E-state index in [-0.39, 0.29) is 5.97 Å². The number of nitrogens with zero attached hydrogens (tertiary/aromatic N) is 1. The standard InChI is InChI=1S/C16H15NO2/c1-12(9-16(18)19-2)13-5-3-6-14(10-13)15-7-4-8-17-11-15/h3-11H,1-2H3/b12-9+. The highest BCUT2D eigenvalue weighted by Crippen LogP contribution is 2.22. The topological polar surface area (TPSA) is 39.2 Å². The highest BCUT2D eigenvalue weighted by atomic mass is 16.5. The third-order valence-electron chi connectivity index (χ3n) is 2.85. The molecule has 0 aliphatic rings. The van der Waals surface area contributed by atoms with Crippen LogP contribution in [0.4, 0.5) is 0 Å². The van der Waals surface area contributed by atoms with Crippen molar-refractivity contribution in [2.75, 3.05) is 7.11 Å². The highest BCUT2D eigenvalue weighted by molar-refractivity contribution is 5.91. The van der Waals surface area contributed by atoms with Crippen LogP contribution < -0.4 is 0 Å². The molecule has 19 heavy (non-hydrogen) atoms. The number of carbonyl (C=O) groups excluding carboxylic acids is 1. The number of esters is 1. The third kappa shape index (κ3) is 3.28. The van der Waals surface area contributed by atoms with Gasteiger partial charge >= 0.3 is 5.97 Å². The summed E-state index contributed by atoms with van der Waals surface area (Å²) in [7, 11) is 1.37. The van der Waals surface area contributed by atoms with E-state index >= 15 is 0 Å². The largest absolute Gasteiger partial charge is 0.466 e. The van der Waals surface area contributed by atoms with E-state index < -0.39 is 0 Å². The van der Waals surface area contributed by atoms with Crippen molar-refractivity contribution in [1.82, 2.24) is 4.98 Å². The quantitative estimate of drug-likeness (QED) is 0.622. The Labute approximate surface area is 112 Å². The number of benzene rings is 1. The smallest absolute Gasteiger partial charge is 0.330 e. The second kappa shape index (κ2) is 5.96. The molecule has 2 rings (SSSR count). The van der Waals surface area contributed by atoms with Gasteiger partial charge in [0.1, 0.15) is 0 Å². The zero-order chi connectivity index (χ0) is 13.7. The van der Waals surface area contributed by atoms with Crippen LogP contribution in [0.25, 0.3) is 16.7 Å². The van der Waals surface area contributed by atoms with E-state index in [1.807, 2.05) is 49.5 Å². The van der Waals surface area contributed by atoms with Crippen LogP contribution in [0.5, 0.6) is 0 Å². The lowest BCUT2D eigenvalue weighted by Crippen LogP contribution is -1.95. The summed E-state index contributed by atoms with van der Waals surface area (Å²) in [6, 6.07) is 11.9. The molecule has 2 aromatic rings. The van der Waals surface area contributed by atoms with Gasteiger partial charge in [-0.3, -0.25) is 4.98 Å². The summed E-state index contributed by atoms with van der Waals surface area (Å²) < 4.78 is 4.63. The lowest BCUT2D eigenvalue weighted by atomic mass is 10.0. The number of hydrogen-bond donors (Lipinski definition) is 0. The summed E-state index contributed by atoms with van der Waals surface area (Å²) in [5, 5.41) is 0. The van der Waals surface area contributed by atoms with E-state index in [1.54, 1.807) is 6.20 Å². The molecule has 96 valence electrons. The zero-order valence-electron chi connectivity index (χ0n) is 11.0. The molecule has 0 aliphatic carbocycles. The van der Waals surface area contributed by atoms with E-state index in [0.717, 1.165) is 22.3 Å². The summed E-state index contributed by atoms with van der Waals surface area (Å²) in [6.45, 7) is 1.89. The van der Waals surface area contributed by atoms with Gasteiger partial charge in [-0.2, -0.15) is 0 Å². The summed E-state index contributed by atoms with van der Waals surface area (Å²) in [5.74, 6) is -0.343. The van der Waals surface area contributed by atoms with Crippen molar-refractivity contribution in [3.05, 3.63) is 60.4 Å². The SMILES string of the molecule is COC(=O)/C=C(\C)c1cccc(-c2cccnc2)c1. The Morgan fingerprint density at radius 1 is 1.21 bits per heavy atom. The molecular weight excluding hydrogens is 238 g/mol. The number of aromatic nitrogens is 1. The highest BCUT2D eigenvalue weighted by Gasteiger charge is 2.03. The number of allylic oxidation sites excluding steroid dienone is 1. The molecule has 0 saturated carbocycles. The molecule has 0 bridgehead atoms. The van der Waals surface area contributed by atoms with E-state index in [9.17, 15) is 4.79 Å². The Morgan fingerprint density at radius 2 is 2.00 bits per heavy atom. The first-order valence-electron chi connectivity index (χ1n) is 5.98. The normalized spacial score (nSPS) is 11.2. The molecule has 3 nitrogen and oxygen atoms in total. The van der Waals surface area contributed by atoms with Crippen LogP contribution in [-0.4, -0.2) is 18.1 Å². The van der Waals surface area contributed by atoms with Gasteiger partial charge in [0.15, 0.2) is 0 Å². The predicted octanol–water partition coefficient (Wildman–Crippen LogP) is 3.32. The van der Waals surface area contributed by atoms with Crippen LogP contribution >= 0.6 is 0 Å². The van der Waals surface area contributed by atoms with E-state index in [4.69, 9.17) is 0 Å². The van der Waals surface area contributed by atoms with Crippen LogP contribution in [0.1, 0.15) is 12.5 Å². The molecule has 0 fully saturated rings. The van der Waals surface area contributed by atoms with Gasteiger partial charge in [-0.25, -0.2) is 4.79 Å². The van der Waals surface area contributed by atoms with Gasteiger partial charge in [-0.05, 0) is 35.8 Å².